The highest BCUT2D eigenvalue weighted by atomic mass is 15.2. The Hall–Kier alpha value is -3.74. The van der Waals surface area contributed by atoms with Gasteiger partial charge in [0.25, 0.3) is 0 Å². The van der Waals surface area contributed by atoms with Crippen LogP contribution in [0.1, 0.15) is 0 Å². The van der Waals surface area contributed by atoms with E-state index in [0.29, 0.717) is 5.82 Å². The lowest BCUT2D eigenvalue weighted by Gasteiger charge is -2.08. The van der Waals surface area contributed by atoms with Crippen molar-refractivity contribution >= 4 is 28.1 Å². The van der Waals surface area contributed by atoms with Crippen LogP contribution in [-0.2, 0) is 7.05 Å². The molecule has 5 rings (SSSR count). The van der Waals surface area contributed by atoms with Crippen LogP contribution in [0.4, 0.5) is 11.5 Å². The van der Waals surface area contributed by atoms with Gasteiger partial charge in [0.1, 0.15) is 0 Å². The van der Waals surface area contributed by atoms with Gasteiger partial charge in [-0.3, -0.25) is 14.1 Å². The molecule has 0 fully saturated rings. The maximum absolute atomic E-state index is 4.55. The molecule has 0 atom stereocenters. The maximum Gasteiger partial charge on any atom is 0.180 e. The van der Waals surface area contributed by atoms with Crippen molar-refractivity contribution in [1.82, 2.24) is 29.1 Å². The summed E-state index contributed by atoms with van der Waals surface area (Å²) in [5, 5.41) is 8.68. The molecule has 0 saturated heterocycles. The van der Waals surface area contributed by atoms with Crippen molar-refractivity contribution in [3.8, 4) is 11.3 Å². The summed E-state index contributed by atoms with van der Waals surface area (Å²) in [7, 11) is 1.90. The Labute approximate surface area is 149 Å². The van der Waals surface area contributed by atoms with Crippen LogP contribution in [0.25, 0.3) is 27.8 Å². The summed E-state index contributed by atoms with van der Waals surface area (Å²) in [6, 6.07) is 10.0. The SMILES string of the molecule is Cn1cc(-c2cnc3c(Nc4ccc5ncccc5c4)nccn23)cn1. The molecule has 4 aromatic heterocycles. The monoisotopic (exact) mass is 341 g/mol. The average molecular weight is 341 g/mol. The second-order valence-corrected chi connectivity index (χ2v) is 6.05. The highest BCUT2D eigenvalue weighted by Crippen LogP contribution is 2.26. The smallest absolute Gasteiger partial charge is 0.180 e. The molecule has 0 aliphatic rings. The molecule has 0 bridgehead atoms. The van der Waals surface area contributed by atoms with E-state index in [1.165, 1.54) is 0 Å². The minimum absolute atomic E-state index is 0.700. The molecule has 0 radical (unpaired) electrons. The lowest BCUT2D eigenvalue weighted by molar-refractivity contribution is 0.768. The quantitative estimate of drug-likeness (QED) is 0.544. The fraction of sp³-hybridized carbons (Fsp3) is 0.0526. The minimum Gasteiger partial charge on any atom is -0.337 e. The highest BCUT2D eigenvalue weighted by molar-refractivity contribution is 5.84. The molecule has 4 heterocycles. The Bertz CT molecular complexity index is 1240. The first-order valence-electron chi connectivity index (χ1n) is 8.21. The van der Waals surface area contributed by atoms with Crippen LogP contribution in [0, 0.1) is 0 Å². The molecule has 7 heteroatoms. The summed E-state index contributed by atoms with van der Waals surface area (Å²) in [5.74, 6) is 0.700. The van der Waals surface area contributed by atoms with Gasteiger partial charge in [0.05, 0.1) is 23.6 Å². The van der Waals surface area contributed by atoms with Crippen molar-refractivity contribution in [3.05, 3.63) is 67.5 Å². The number of anilines is 2. The molecule has 5 aromatic rings. The zero-order valence-electron chi connectivity index (χ0n) is 14.0. The van der Waals surface area contributed by atoms with Gasteiger partial charge in [0.2, 0.25) is 0 Å². The third kappa shape index (κ3) is 2.37. The van der Waals surface area contributed by atoms with Gasteiger partial charge in [-0.25, -0.2) is 9.97 Å². The second kappa shape index (κ2) is 5.66. The largest absolute Gasteiger partial charge is 0.337 e. The van der Waals surface area contributed by atoms with Gasteiger partial charge in [0.15, 0.2) is 11.5 Å². The predicted octanol–water partition coefficient (Wildman–Crippen LogP) is 3.42. The van der Waals surface area contributed by atoms with E-state index in [2.05, 4.69) is 31.4 Å². The molecule has 26 heavy (non-hydrogen) atoms. The number of imidazole rings is 1. The van der Waals surface area contributed by atoms with Gasteiger partial charge in [-0.1, -0.05) is 6.07 Å². The Balaban J connectivity index is 1.57. The molecule has 7 nitrogen and oxygen atoms in total. The number of hydrogen-bond acceptors (Lipinski definition) is 5. The van der Waals surface area contributed by atoms with Gasteiger partial charge in [0, 0.05) is 48.5 Å². The summed E-state index contributed by atoms with van der Waals surface area (Å²) >= 11 is 0. The number of pyridine rings is 1. The third-order valence-corrected chi connectivity index (χ3v) is 4.29. The Morgan fingerprint density at radius 2 is 1.96 bits per heavy atom. The van der Waals surface area contributed by atoms with E-state index >= 15 is 0 Å². The zero-order chi connectivity index (χ0) is 17.5. The van der Waals surface area contributed by atoms with Crippen molar-refractivity contribution < 1.29 is 0 Å². The molecular weight excluding hydrogens is 326 g/mol. The standard InChI is InChI=1S/C19H15N7/c1-25-12-14(10-23-25)17-11-22-19-18(21-7-8-26(17)19)24-15-4-5-16-13(9-15)3-2-6-20-16/h2-12H,1H3,(H,21,24). The van der Waals surface area contributed by atoms with Crippen LogP contribution in [0.3, 0.4) is 0 Å². The van der Waals surface area contributed by atoms with Crippen molar-refractivity contribution in [2.24, 2.45) is 7.05 Å². The number of fused-ring (bicyclic) bond motifs is 2. The highest BCUT2D eigenvalue weighted by Gasteiger charge is 2.11. The minimum atomic E-state index is 0.700. The van der Waals surface area contributed by atoms with Gasteiger partial charge >= 0.3 is 0 Å². The van der Waals surface area contributed by atoms with E-state index in [1.54, 1.807) is 17.1 Å². The number of aryl methyl sites for hydroxylation is 1. The number of benzene rings is 1. The zero-order valence-corrected chi connectivity index (χ0v) is 14.0. The average Bonchev–Trinajstić information content (AvgIpc) is 3.28. The van der Waals surface area contributed by atoms with E-state index < -0.39 is 0 Å². The first kappa shape index (κ1) is 14.6. The fourth-order valence-corrected chi connectivity index (χ4v) is 3.06. The maximum atomic E-state index is 4.55. The summed E-state index contributed by atoms with van der Waals surface area (Å²) in [5.41, 5.74) is 4.65. The van der Waals surface area contributed by atoms with E-state index in [9.17, 15) is 0 Å². The van der Waals surface area contributed by atoms with Crippen LogP contribution in [0.5, 0.6) is 0 Å². The fourth-order valence-electron chi connectivity index (χ4n) is 3.06. The Kier molecular flexibility index (Phi) is 3.18. The predicted molar refractivity (Wildman–Crippen MR) is 100 cm³/mol. The number of nitrogens with zero attached hydrogens (tertiary/aromatic N) is 6. The molecule has 1 N–H and O–H groups in total. The number of aromatic nitrogens is 6. The number of rotatable bonds is 3. The van der Waals surface area contributed by atoms with Crippen LogP contribution >= 0.6 is 0 Å². The van der Waals surface area contributed by atoms with E-state index in [0.717, 1.165) is 33.5 Å². The third-order valence-electron chi connectivity index (χ3n) is 4.29. The van der Waals surface area contributed by atoms with Crippen LogP contribution in [0.2, 0.25) is 0 Å². The molecule has 0 saturated carbocycles. The van der Waals surface area contributed by atoms with E-state index in [4.69, 9.17) is 0 Å². The lowest BCUT2D eigenvalue weighted by Crippen LogP contribution is -1.98. The van der Waals surface area contributed by atoms with Gasteiger partial charge in [-0.05, 0) is 24.3 Å². The van der Waals surface area contributed by atoms with Crippen molar-refractivity contribution in [2.75, 3.05) is 5.32 Å². The van der Waals surface area contributed by atoms with E-state index in [1.807, 2.05) is 60.5 Å². The molecule has 0 aliphatic heterocycles. The first-order chi connectivity index (χ1) is 12.8. The molecule has 0 unspecified atom stereocenters. The molecule has 0 aliphatic carbocycles. The van der Waals surface area contributed by atoms with Crippen molar-refractivity contribution in [3.63, 3.8) is 0 Å². The Morgan fingerprint density at radius 3 is 2.85 bits per heavy atom. The van der Waals surface area contributed by atoms with Gasteiger partial charge in [-0.2, -0.15) is 5.10 Å². The van der Waals surface area contributed by atoms with Crippen molar-refractivity contribution in [1.29, 1.82) is 0 Å². The van der Waals surface area contributed by atoms with Crippen LogP contribution < -0.4 is 5.32 Å². The number of hydrogen-bond donors (Lipinski definition) is 1. The van der Waals surface area contributed by atoms with E-state index in [-0.39, 0.29) is 0 Å². The summed E-state index contributed by atoms with van der Waals surface area (Å²) < 4.78 is 3.78. The van der Waals surface area contributed by atoms with Crippen LogP contribution in [-0.4, -0.2) is 29.1 Å². The van der Waals surface area contributed by atoms with Gasteiger partial charge in [-0.15, -0.1) is 0 Å². The second-order valence-electron chi connectivity index (χ2n) is 6.05. The molecule has 126 valence electrons. The molecular formula is C19H15N7. The number of nitrogens with one attached hydrogen (secondary N) is 1. The summed E-state index contributed by atoms with van der Waals surface area (Å²) in [4.78, 5) is 13.4. The van der Waals surface area contributed by atoms with Gasteiger partial charge < -0.3 is 5.32 Å². The lowest BCUT2D eigenvalue weighted by atomic mass is 10.2. The topological polar surface area (TPSA) is 72.9 Å². The first-order valence-corrected chi connectivity index (χ1v) is 8.21. The summed E-state index contributed by atoms with van der Waals surface area (Å²) in [6.07, 6.45) is 11.1. The molecule has 0 spiro atoms. The van der Waals surface area contributed by atoms with Crippen molar-refractivity contribution in [2.45, 2.75) is 0 Å². The molecule has 0 amide bonds. The Morgan fingerprint density at radius 1 is 1.00 bits per heavy atom. The normalized spacial score (nSPS) is 11.3. The summed E-state index contributed by atoms with van der Waals surface area (Å²) in [6.45, 7) is 0. The molecule has 1 aromatic carbocycles. The van der Waals surface area contributed by atoms with Crippen LogP contribution in [0.15, 0.2) is 67.5 Å².